The van der Waals surface area contributed by atoms with Gasteiger partial charge in [-0.05, 0) is 54.0 Å². The molecule has 0 aliphatic carbocycles. The monoisotopic (exact) mass is 400 g/mol. The molecule has 1 saturated heterocycles. The fraction of sp³-hybridized carbons (Fsp3) is 0.435. The Kier molecular flexibility index (Phi) is 6.19. The number of rotatable bonds is 4. The molecular formula is C23H29ClN2O2. The number of anilines is 1. The van der Waals surface area contributed by atoms with Crippen molar-refractivity contribution in [2.45, 2.75) is 52.1 Å². The highest BCUT2D eigenvalue weighted by Gasteiger charge is 2.38. The highest BCUT2D eigenvalue weighted by molar-refractivity contribution is 6.30. The minimum absolute atomic E-state index is 0.00339. The van der Waals surface area contributed by atoms with Crippen LogP contribution in [0.1, 0.15) is 44.7 Å². The van der Waals surface area contributed by atoms with E-state index < -0.39 is 6.09 Å². The molecule has 2 N–H and O–H groups in total. The fourth-order valence-electron chi connectivity index (χ4n) is 4.05. The molecule has 1 heterocycles. The zero-order valence-electron chi connectivity index (χ0n) is 16.8. The summed E-state index contributed by atoms with van der Waals surface area (Å²) in [6.07, 6.45) is 1.60. The molecular weight excluding hydrogens is 372 g/mol. The molecule has 2 atom stereocenters. The van der Waals surface area contributed by atoms with Crippen LogP contribution < -0.4 is 5.32 Å². The Bertz CT molecular complexity index is 831. The molecule has 0 aromatic heterocycles. The number of carboxylic acid groups (broad SMARTS) is 1. The van der Waals surface area contributed by atoms with Crippen LogP contribution in [0, 0.1) is 5.41 Å². The highest BCUT2D eigenvalue weighted by Crippen LogP contribution is 2.33. The molecule has 5 heteroatoms. The zero-order valence-corrected chi connectivity index (χ0v) is 17.5. The summed E-state index contributed by atoms with van der Waals surface area (Å²) in [7, 11) is 0. The third kappa shape index (κ3) is 4.99. The van der Waals surface area contributed by atoms with Gasteiger partial charge in [0.25, 0.3) is 0 Å². The van der Waals surface area contributed by atoms with E-state index in [0.29, 0.717) is 6.54 Å². The number of halogens is 1. The van der Waals surface area contributed by atoms with Crippen molar-refractivity contribution in [3.8, 4) is 0 Å². The normalized spacial score (nSPS) is 20.1. The maximum atomic E-state index is 11.7. The minimum atomic E-state index is -0.820. The number of benzene rings is 2. The van der Waals surface area contributed by atoms with E-state index in [4.69, 9.17) is 11.6 Å². The van der Waals surface area contributed by atoms with E-state index in [-0.39, 0.29) is 17.5 Å². The van der Waals surface area contributed by atoms with Gasteiger partial charge >= 0.3 is 6.09 Å². The topological polar surface area (TPSA) is 52.6 Å². The predicted octanol–water partition coefficient (Wildman–Crippen LogP) is 5.90. The Balaban J connectivity index is 1.76. The van der Waals surface area contributed by atoms with Gasteiger partial charge in [-0.3, -0.25) is 0 Å². The standard InChI is InChI=1S/C23H29ClN2O2/c1-23(2,3)21-15-19(11-12-26(21)22(27)28)25-20-10-5-4-8-17(20)13-16-7-6-9-18(24)14-16/h4-10,14,19,21,25H,11-13,15H2,1-3H3,(H,27,28). The van der Waals surface area contributed by atoms with Crippen LogP contribution in [-0.4, -0.2) is 34.7 Å². The van der Waals surface area contributed by atoms with Crippen LogP contribution in [0.3, 0.4) is 0 Å². The summed E-state index contributed by atoms with van der Waals surface area (Å²) in [4.78, 5) is 13.3. The Labute approximate surface area is 172 Å². The van der Waals surface area contributed by atoms with E-state index in [0.717, 1.165) is 30.0 Å². The van der Waals surface area contributed by atoms with Gasteiger partial charge in [0, 0.05) is 29.3 Å². The van der Waals surface area contributed by atoms with E-state index >= 15 is 0 Å². The Morgan fingerprint density at radius 2 is 1.96 bits per heavy atom. The highest BCUT2D eigenvalue weighted by atomic mass is 35.5. The fourth-order valence-corrected chi connectivity index (χ4v) is 4.26. The second-order valence-electron chi connectivity index (χ2n) is 8.69. The first kappa shape index (κ1) is 20.5. The van der Waals surface area contributed by atoms with Crippen LogP contribution in [0.4, 0.5) is 10.5 Å². The van der Waals surface area contributed by atoms with Gasteiger partial charge in [-0.2, -0.15) is 0 Å². The summed E-state index contributed by atoms with van der Waals surface area (Å²) < 4.78 is 0. The van der Waals surface area contributed by atoms with Crippen LogP contribution in [0.5, 0.6) is 0 Å². The van der Waals surface area contributed by atoms with Gasteiger partial charge < -0.3 is 15.3 Å². The van der Waals surface area contributed by atoms with E-state index in [2.05, 4.69) is 50.4 Å². The van der Waals surface area contributed by atoms with Crippen molar-refractivity contribution in [1.82, 2.24) is 4.90 Å². The van der Waals surface area contributed by atoms with Gasteiger partial charge in [0.1, 0.15) is 0 Å². The number of carbonyl (C=O) groups is 1. The maximum Gasteiger partial charge on any atom is 0.407 e. The van der Waals surface area contributed by atoms with Crippen LogP contribution in [0.15, 0.2) is 48.5 Å². The summed E-state index contributed by atoms with van der Waals surface area (Å²) >= 11 is 6.14. The van der Waals surface area contributed by atoms with Crippen molar-refractivity contribution in [2.24, 2.45) is 5.41 Å². The molecule has 4 nitrogen and oxygen atoms in total. The average Bonchev–Trinajstić information content (AvgIpc) is 2.62. The van der Waals surface area contributed by atoms with Crippen LogP contribution in [0.2, 0.25) is 5.02 Å². The lowest BCUT2D eigenvalue weighted by Crippen LogP contribution is -2.54. The Morgan fingerprint density at radius 1 is 1.21 bits per heavy atom. The maximum absolute atomic E-state index is 11.7. The molecule has 2 unspecified atom stereocenters. The summed E-state index contributed by atoms with van der Waals surface area (Å²) in [6.45, 7) is 6.90. The Hall–Kier alpha value is -2.20. The number of piperidine rings is 1. The van der Waals surface area contributed by atoms with Gasteiger partial charge in [0.15, 0.2) is 0 Å². The molecule has 1 fully saturated rings. The molecule has 1 aliphatic rings. The second kappa shape index (κ2) is 8.44. The molecule has 0 radical (unpaired) electrons. The number of likely N-dealkylation sites (tertiary alicyclic amines) is 1. The lowest BCUT2D eigenvalue weighted by molar-refractivity contribution is 0.0557. The summed E-state index contributed by atoms with van der Waals surface area (Å²) in [5.74, 6) is 0. The summed E-state index contributed by atoms with van der Waals surface area (Å²) in [6, 6.07) is 16.5. The Morgan fingerprint density at radius 3 is 2.64 bits per heavy atom. The van der Waals surface area contributed by atoms with Crippen LogP contribution in [-0.2, 0) is 6.42 Å². The molecule has 0 saturated carbocycles. The van der Waals surface area contributed by atoms with Crippen molar-refractivity contribution < 1.29 is 9.90 Å². The lowest BCUT2D eigenvalue weighted by Gasteiger charge is -2.45. The molecule has 2 aromatic rings. The van der Waals surface area contributed by atoms with Gasteiger partial charge in [-0.1, -0.05) is 62.7 Å². The van der Waals surface area contributed by atoms with E-state index in [1.807, 2.05) is 24.3 Å². The quantitative estimate of drug-likeness (QED) is 0.671. The largest absolute Gasteiger partial charge is 0.465 e. The smallest absolute Gasteiger partial charge is 0.407 e. The number of para-hydroxylation sites is 1. The van der Waals surface area contributed by atoms with Gasteiger partial charge in [0.2, 0.25) is 0 Å². The van der Waals surface area contributed by atoms with Crippen molar-refractivity contribution >= 4 is 23.4 Å². The van der Waals surface area contributed by atoms with Crippen LogP contribution in [0.25, 0.3) is 0 Å². The van der Waals surface area contributed by atoms with Gasteiger partial charge in [-0.25, -0.2) is 4.79 Å². The molecule has 1 aliphatic heterocycles. The van der Waals surface area contributed by atoms with Crippen molar-refractivity contribution in [1.29, 1.82) is 0 Å². The molecule has 2 aromatic carbocycles. The molecule has 0 spiro atoms. The SMILES string of the molecule is CC(C)(C)C1CC(Nc2ccccc2Cc2cccc(Cl)c2)CCN1C(=O)O. The number of hydrogen-bond donors (Lipinski definition) is 2. The third-order valence-electron chi connectivity index (χ3n) is 5.51. The minimum Gasteiger partial charge on any atom is -0.465 e. The summed E-state index contributed by atoms with van der Waals surface area (Å²) in [5.41, 5.74) is 3.41. The van der Waals surface area contributed by atoms with Crippen molar-refractivity contribution in [2.75, 3.05) is 11.9 Å². The first-order valence-electron chi connectivity index (χ1n) is 9.82. The molecule has 1 amide bonds. The average molecular weight is 401 g/mol. The van der Waals surface area contributed by atoms with Crippen LogP contribution >= 0.6 is 11.6 Å². The molecule has 0 bridgehead atoms. The number of amides is 1. The van der Waals surface area contributed by atoms with E-state index in [1.54, 1.807) is 4.90 Å². The molecule has 28 heavy (non-hydrogen) atoms. The van der Waals surface area contributed by atoms with Crippen molar-refractivity contribution in [3.63, 3.8) is 0 Å². The number of nitrogens with one attached hydrogen (secondary N) is 1. The second-order valence-corrected chi connectivity index (χ2v) is 9.12. The number of nitrogens with zero attached hydrogens (tertiary/aromatic N) is 1. The number of hydrogen-bond acceptors (Lipinski definition) is 2. The lowest BCUT2D eigenvalue weighted by atomic mass is 9.79. The van der Waals surface area contributed by atoms with E-state index in [9.17, 15) is 9.90 Å². The van der Waals surface area contributed by atoms with Gasteiger partial charge in [-0.15, -0.1) is 0 Å². The predicted molar refractivity (Wildman–Crippen MR) is 115 cm³/mol. The first-order chi connectivity index (χ1) is 13.2. The zero-order chi connectivity index (χ0) is 20.3. The first-order valence-corrected chi connectivity index (χ1v) is 10.2. The van der Waals surface area contributed by atoms with Gasteiger partial charge in [0.05, 0.1) is 0 Å². The summed E-state index contributed by atoms with van der Waals surface area (Å²) in [5, 5.41) is 14.0. The molecule has 150 valence electrons. The third-order valence-corrected chi connectivity index (χ3v) is 5.74. The van der Waals surface area contributed by atoms with Crippen molar-refractivity contribution in [3.05, 3.63) is 64.7 Å². The van der Waals surface area contributed by atoms with E-state index in [1.165, 1.54) is 11.1 Å². The molecule has 3 rings (SSSR count).